The first-order valence-electron chi connectivity index (χ1n) is 15.4. The van der Waals surface area contributed by atoms with Crippen molar-refractivity contribution in [2.24, 2.45) is 0 Å². The Kier molecular flexibility index (Phi) is 9.27. The van der Waals surface area contributed by atoms with Crippen LogP contribution in [0.3, 0.4) is 0 Å². The van der Waals surface area contributed by atoms with Gasteiger partial charge in [-0.3, -0.25) is 9.80 Å². The van der Waals surface area contributed by atoms with Gasteiger partial charge in [-0.2, -0.15) is 0 Å². The van der Waals surface area contributed by atoms with Crippen LogP contribution in [-0.2, 0) is 22.6 Å². The Balaban J connectivity index is 1.41. The zero-order valence-electron chi connectivity index (χ0n) is 26.0. The van der Waals surface area contributed by atoms with Gasteiger partial charge in [0.2, 0.25) is 0 Å². The highest BCUT2D eigenvalue weighted by Gasteiger charge is 2.51. The lowest BCUT2D eigenvalue weighted by Crippen LogP contribution is -2.69. The number of nitrogens with one attached hydrogen (secondary N) is 1. The number of para-hydroxylation sites is 1. The van der Waals surface area contributed by atoms with Gasteiger partial charge in [0.1, 0.15) is 18.6 Å². The van der Waals surface area contributed by atoms with Crippen LogP contribution in [0.2, 0.25) is 0 Å². The summed E-state index contributed by atoms with van der Waals surface area (Å²) in [5.74, 6) is 0. The molecule has 3 aliphatic rings. The monoisotopic (exact) mass is 590 g/mol. The normalized spacial score (nSPS) is 23.5. The van der Waals surface area contributed by atoms with Crippen molar-refractivity contribution in [1.29, 1.82) is 0 Å². The van der Waals surface area contributed by atoms with Crippen LogP contribution < -0.4 is 11.1 Å². The summed E-state index contributed by atoms with van der Waals surface area (Å²) < 4.78 is 5.94. The Morgan fingerprint density at radius 1 is 1.09 bits per heavy atom. The van der Waals surface area contributed by atoms with Crippen molar-refractivity contribution in [3.8, 4) is 0 Å². The van der Waals surface area contributed by atoms with Crippen LogP contribution in [0, 0.1) is 13.8 Å². The first kappa shape index (κ1) is 30.8. The van der Waals surface area contributed by atoms with Gasteiger partial charge in [-0.15, -0.1) is 0 Å². The smallest absolute Gasteiger partial charge is 0.411 e. The molecule has 3 amide bonds. The third kappa shape index (κ3) is 6.35. The Morgan fingerprint density at radius 2 is 1.79 bits per heavy atom. The van der Waals surface area contributed by atoms with Crippen LogP contribution in [0.15, 0.2) is 36.4 Å². The van der Waals surface area contributed by atoms with E-state index in [1.807, 2.05) is 55.1 Å². The summed E-state index contributed by atoms with van der Waals surface area (Å²) in [6.45, 7) is 6.48. The van der Waals surface area contributed by atoms with Crippen molar-refractivity contribution < 1.29 is 19.1 Å². The number of benzene rings is 2. The summed E-state index contributed by atoms with van der Waals surface area (Å²) in [4.78, 5) is 48.0. The second-order valence-electron chi connectivity index (χ2n) is 12.6. The maximum Gasteiger partial charge on any atom is 0.411 e. The summed E-state index contributed by atoms with van der Waals surface area (Å²) >= 11 is 0. The highest BCUT2D eigenvalue weighted by molar-refractivity contribution is 5.91. The molecule has 0 radical (unpaired) electrons. The van der Waals surface area contributed by atoms with E-state index in [4.69, 9.17) is 10.5 Å². The SMILES string of the molecule is Cc1cc(COC(=O)N2CC[C@@H](N3CCc4ccccc4NC3=O)C[C@@]2(CC=O)N2CCC(N(C)C)CC2)cc(C)c1N. The van der Waals surface area contributed by atoms with E-state index in [2.05, 4.69) is 29.2 Å². The largest absolute Gasteiger partial charge is 0.445 e. The van der Waals surface area contributed by atoms with Crippen LogP contribution in [0.25, 0.3) is 0 Å². The molecule has 2 saturated heterocycles. The standard InChI is InChI=1S/C33H46N6O4/c1-23-19-25(20-24(2)30(23)34)22-43-32(42)39-17-12-28(38-16-9-26-7-5-6-8-29(26)35-31(38)41)21-33(39,13-18-40)37-14-10-27(11-15-37)36(3)4/h5-8,18-20,27-28H,9-17,21-22,34H2,1-4H3,(H,35,41)/t28-,33+/m1/s1. The molecule has 0 aromatic heterocycles. The fraction of sp³-hybridized carbons (Fsp3) is 0.545. The molecule has 0 aliphatic carbocycles. The minimum absolute atomic E-state index is 0.118. The summed E-state index contributed by atoms with van der Waals surface area (Å²) in [5.41, 5.74) is 10.7. The van der Waals surface area contributed by atoms with Gasteiger partial charge in [-0.1, -0.05) is 30.3 Å². The summed E-state index contributed by atoms with van der Waals surface area (Å²) in [7, 11) is 4.19. The number of ether oxygens (including phenoxy) is 1. The molecule has 10 nitrogen and oxygen atoms in total. The number of urea groups is 1. The van der Waals surface area contributed by atoms with E-state index < -0.39 is 11.8 Å². The van der Waals surface area contributed by atoms with Crippen molar-refractivity contribution in [1.82, 2.24) is 19.6 Å². The van der Waals surface area contributed by atoms with Crippen molar-refractivity contribution in [3.05, 3.63) is 58.7 Å². The van der Waals surface area contributed by atoms with Crippen molar-refractivity contribution in [3.63, 3.8) is 0 Å². The Hall–Kier alpha value is -3.63. The molecular formula is C33H46N6O4. The lowest BCUT2D eigenvalue weighted by molar-refractivity contribution is -0.128. The molecule has 2 fully saturated rings. The number of carbonyl (C=O) groups excluding carboxylic acids is 3. The molecule has 2 atom stereocenters. The molecule has 5 rings (SSSR count). The van der Waals surface area contributed by atoms with Gasteiger partial charge in [0.15, 0.2) is 0 Å². The van der Waals surface area contributed by atoms with E-state index in [0.29, 0.717) is 32.0 Å². The van der Waals surface area contributed by atoms with Crippen LogP contribution in [0.5, 0.6) is 0 Å². The number of carbonyl (C=O) groups is 3. The van der Waals surface area contributed by atoms with E-state index in [-0.39, 0.29) is 25.1 Å². The van der Waals surface area contributed by atoms with E-state index in [9.17, 15) is 14.4 Å². The maximum atomic E-state index is 13.9. The van der Waals surface area contributed by atoms with E-state index in [1.165, 1.54) is 0 Å². The fourth-order valence-electron chi connectivity index (χ4n) is 7.27. The number of amides is 3. The highest BCUT2D eigenvalue weighted by Crippen LogP contribution is 2.39. The summed E-state index contributed by atoms with van der Waals surface area (Å²) in [6.07, 6.45) is 4.34. The molecule has 232 valence electrons. The summed E-state index contributed by atoms with van der Waals surface area (Å²) in [6, 6.07) is 12.0. The number of hydrogen-bond acceptors (Lipinski definition) is 7. The van der Waals surface area contributed by atoms with Crippen LogP contribution in [0.4, 0.5) is 21.0 Å². The van der Waals surface area contributed by atoms with Gasteiger partial charge in [-0.05, 0) is 81.9 Å². The number of nitrogens with two attached hydrogens (primary N) is 1. The van der Waals surface area contributed by atoms with E-state index in [0.717, 1.165) is 72.3 Å². The molecule has 0 saturated carbocycles. The molecule has 2 aromatic carbocycles. The maximum absolute atomic E-state index is 13.9. The van der Waals surface area contributed by atoms with Crippen LogP contribution in [0.1, 0.15) is 54.4 Å². The average molecular weight is 591 g/mol. The van der Waals surface area contributed by atoms with Gasteiger partial charge in [0.25, 0.3) is 0 Å². The van der Waals surface area contributed by atoms with Gasteiger partial charge < -0.3 is 30.4 Å². The first-order chi connectivity index (χ1) is 20.6. The second-order valence-corrected chi connectivity index (χ2v) is 12.6. The number of piperidine rings is 2. The van der Waals surface area contributed by atoms with Crippen LogP contribution >= 0.6 is 0 Å². The molecule has 10 heteroatoms. The first-order valence-corrected chi connectivity index (χ1v) is 15.4. The van der Waals surface area contributed by atoms with Crippen molar-refractivity contribution >= 4 is 29.8 Å². The zero-order chi connectivity index (χ0) is 30.7. The number of aryl methyl sites for hydroxylation is 2. The predicted octanol–water partition coefficient (Wildman–Crippen LogP) is 4.39. The molecule has 3 aliphatic heterocycles. The van der Waals surface area contributed by atoms with E-state index >= 15 is 0 Å². The number of rotatable bonds is 7. The number of hydrogen-bond donors (Lipinski definition) is 2. The average Bonchev–Trinajstić information content (AvgIpc) is 3.16. The van der Waals surface area contributed by atoms with Gasteiger partial charge in [-0.25, -0.2) is 9.59 Å². The highest BCUT2D eigenvalue weighted by atomic mass is 16.6. The molecule has 0 spiro atoms. The Bertz CT molecular complexity index is 1320. The number of aldehydes is 1. The Morgan fingerprint density at radius 3 is 2.47 bits per heavy atom. The van der Waals surface area contributed by atoms with Gasteiger partial charge in [0, 0.05) is 62.5 Å². The fourth-order valence-corrected chi connectivity index (χ4v) is 7.27. The van der Waals surface area contributed by atoms with Crippen molar-refractivity contribution in [2.75, 3.05) is 51.3 Å². The summed E-state index contributed by atoms with van der Waals surface area (Å²) in [5, 5.41) is 3.10. The number of anilines is 2. The quantitative estimate of drug-likeness (QED) is 0.364. The minimum atomic E-state index is -0.884. The molecule has 0 bridgehead atoms. The van der Waals surface area contributed by atoms with Gasteiger partial charge in [0.05, 0.1) is 0 Å². The lowest BCUT2D eigenvalue weighted by atomic mass is 9.84. The van der Waals surface area contributed by atoms with E-state index in [1.54, 1.807) is 4.90 Å². The molecule has 2 aromatic rings. The molecule has 3 N–H and O–H groups in total. The third-order valence-electron chi connectivity index (χ3n) is 9.76. The number of nitrogens with zero attached hydrogens (tertiary/aromatic N) is 4. The third-order valence-corrected chi connectivity index (χ3v) is 9.76. The molecule has 43 heavy (non-hydrogen) atoms. The second kappa shape index (κ2) is 12.9. The van der Waals surface area contributed by atoms with Crippen molar-refractivity contribution in [2.45, 2.75) is 76.7 Å². The lowest BCUT2D eigenvalue weighted by Gasteiger charge is -2.56. The molecular weight excluding hydrogens is 544 g/mol. The number of fused-ring (bicyclic) bond motifs is 1. The predicted molar refractivity (Wildman–Crippen MR) is 168 cm³/mol. The topological polar surface area (TPSA) is 111 Å². The number of likely N-dealkylation sites (tertiary alicyclic amines) is 2. The molecule has 3 heterocycles. The minimum Gasteiger partial charge on any atom is -0.445 e. The van der Waals surface area contributed by atoms with Crippen LogP contribution in [-0.4, -0.2) is 96.0 Å². The molecule has 0 unspecified atom stereocenters. The van der Waals surface area contributed by atoms with Gasteiger partial charge >= 0.3 is 12.1 Å². The number of nitrogen functional groups attached to an aromatic ring is 1. The zero-order valence-corrected chi connectivity index (χ0v) is 26.0. The Labute approximate surface area is 255 Å².